The van der Waals surface area contributed by atoms with Crippen molar-refractivity contribution in [3.63, 3.8) is 0 Å². The standard InChI is InChI=1S/C9H12BrNO/c1-7-6-8(4-5-12-11)2-3-9(7)10/h2-3,6H,4-5,11H2,1H3. The van der Waals surface area contributed by atoms with Gasteiger partial charge in [-0.2, -0.15) is 0 Å². The van der Waals surface area contributed by atoms with Gasteiger partial charge < -0.3 is 4.84 Å². The molecule has 3 heteroatoms. The molecule has 0 aromatic heterocycles. The van der Waals surface area contributed by atoms with Crippen molar-refractivity contribution in [3.05, 3.63) is 33.8 Å². The maximum atomic E-state index is 4.94. The number of halogens is 1. The quantitative estimate of drug-likeness (QED) is 0.808. The summed E-state index contributed by atoms with van der Waals surface area (Å²) in [4.78, 5) is 4.50. The monoisotopic (exact) mass is 229 g/mol. The molecule has 0 heterocycles. The summed E-state index contributed by atoms with van der Waals surface area (Å²) in [6.45, 7) is 2.64. The molecule has 0 saturated heterocycles. The first-order valence-electron chi connectivity index (χ1n) is 3.80. The van der Waals surface area contributed by atoms with Gasteiger partial charge in [0.1, 0.15) is 0 Å². The van der Waals surface area contributed by atoms with Crippen LogP contribution in [0, 0.1) is 6.92 Å². The normalized spacial score (nSPS) is 10.2. The Balaban J connectivity index is 2.69. The van der Waals surface area contributed by atoms with Gasteiger partial charge in [0.15, 0.2) is 0 Å². The van der Waals surface area contributed by atoms with Crippen LogP contribution >= 0.6 is 15.9 Å². The molecule has 12 heavy (non-hydrogen) atoms. The van der Waals surface area contributed by atoms with E-state index in [0.29, 0.717) is 6.61 Å². The van der Waals surface area contributed by atoms with Crippen molar-refractivity contribution < 1.29 is 4.84 Å². The lowest BCUT2D eigenvalue weighted by atomic mass is 10.1. The Labute approximate surface area is 80.8 Å². The average molecular weight is 230 g/mol. The fourth-order valence-electron chi connectivity index (χ4n) is 1.04. The molecule has 2 nitrogen and oxygen atoms in total. The fraction of sp³-hybridized carbons (Fsp3) is 0.333. The third-order valence-electron chi connectivity index (χ3n) is 1.73. The van der Waals surface area contributed by atoms with Crippen LogP contribution in [0.2, 0.25) is 0 Å². The van der Waals surface area contributed by atoms with E-state index in [4.69, 9.17) is 5.90 Å². The second kappa shape index (κ2) is 4.60. The lowest BCUT2D eigenvalue weighted by molar-refractivity contribution is 0.141. The van der Waals surface area contributed by atoms with Gasteiger partial charge in [-0.1, -0.05) is 28.1 Å². The number of aryl methyl sites for hydroxylation is 1. The number of hydrogen-bond donors (Lipinski definition) is 1. The summed E-state index contributed by atoms with van der Waals surface area (Å²) in [7, 11) is 0. The van der Waals surface area contributed by atoms with Crippen molar-refractivity contribution in [2.75, 3.05) is 6.61 Å². The van der Waals surface area contributed by atoms with E-state index < -0.39 is 0 Å². The molecule has 0 saturated carbocycles. The zero-order chi connectivity index (χ0) is 8.97. The number of nitrogens with two attached hydrogens (primary N) is 1. The minimum atomic E-state index is 0.571. The largest absolute Gasteiger partial charge is 0.304 e. The minimum Gasteiger partial charge on any atom is -0.304 e. The molecular weight excluding hydrogens is 218 g/mol. The van der Waals surface area contributed by atoms with E-state index in [9.17, 15) is 0 Å². The van der Waals surface area contributed by atoms with Crippen LogP contribution in [0.3, 0.4) is 0 Å². The van der Waals surface area contributed by atoms with Gasteiger partial charge in [-0.25, -0.2) is 5.90 Å². The molecule has 0 aliphatic rings. The Hall–Kier alpha value is -0.380. The molecule has 1 aromatic rings. The molecule has 0 unspecified atom stereocenters. The third-order valence-corrected chi connectivity index (χ3v) is 2.62. The molecule has 0 spiro atoms. The molecule has 0 atom stereocenters. The average Bonchev–Trinajstić information content (AvgIpc) is 2.07. The summed E-state index contributed by atoms with van der Waals surface area (Å²) < 4.78 is 1.14. The van der Waals surface area contributed by atoms with Crippen LogP contribution in [0.5, 0.6) is 0 Å². The van der Waals surface area contributed by atoms with Gasteiger partial charge in [-0.15, -0.1) is 0 Å². The molecule has 66 valence electrons. The maximum absolute atomic E-state index is 4.94. The van der Waals surface area contributed by atoms with Crippen LogP contribution in [0.1, 0.15) is 11.1 Å². The van der Waals surface area contributed by atoms with Crippen molar-refractivity contribution in [2.45, 2.75) is 13.3 Å². The first kappa shape index (κ1) is 9.71. The van der Waals surface area contributed by atoms with Crippen LogP contribution in [0.25, 0.3) is 0 Å². The second-order valence-electron chi connectivity index (χ2n) is 2.70. The molecule has 0 aliphatic heterocycles. The Morgan fingerprint density at radius 2 is 2.25 bits per heavy atom. The molecule has 1 aromatic carbocycles. The van der Waals surface area contributed by atoms with Crippen molar-refractivity contribution >= 4 is 15.9 Å². The highest BCUT2D eigenvalue weighted by atomic mass is 79.9. The molecular formula is C9H12BrNO. The molecule has 0 bridgehead atoms. The first-order chi connectivity index (χ1) is 5.74. The highest BCUT2D eigenvalue weighted by molar-refractivity contribution is 9.10. The fourth-order valence-corrected chi connectivity index (χ4v) is 1.29. The highest BCUT2D eigenvalue weighted by Gasteiger charge is 1.96. The zero-order valence-corrected chi connectivity index (χ0v) is 8.60. The number of rotatable bonds is 3. The van der Waals surface area contributed by atoms with Gasteiger partial charge in [0.25, 0.3) is 0 Å². The Morgan fingerprint density at radius 1 is 1.50 bits per heavy atom. The molecule has 0 aliphatic carbocycles. The summed E-state index contributed by atoms with van der Waals surface area (Å²) in [5.41, 5.74) is 2.49. The van der Waals surface area contributed by atoms with E-state index in [1.165, 1.54) is 11.1 Å². The predicted octanol–water partition coefficient (Wildman–Crippen LogP) is 2.19. The van der Waals surface area contributed by atoms with E-state index in [1.807, 2.05) is 6.07 Å². The molecule has 0 amide bonds. The molecule has 0 radical (unpaired) electrons. The van der Waals surface area contributed by atoms with Crippen molar-refractivity contribution in [1.29, 1.82) is 0 Å². The van der Waals surface area contributed by atoms with Crippen molar-refractivity contribution in [1.82, 2.24) is 0 Å². The van der Waals surface area contributed by atoms with Crippen LogP contribution in [0.15, 0.2) is 22.7 Å². The third kappa shape index (κ3) is 2.59. The summed E-state index contributed by atoms with van der Waals surface area (Å²) >= 11 is 3.44. The van der Waals surface area contributed by atoms with E-state index in [-0.39, 0.29) is 0 Å². The van der Waals surface area contributed by atoms with Crippen LogP contribution in [-0.2, 0) is 11.3 Å². The van der Waals surface area contributed by atoms with Gasteiger partial charge in [0.2, 0.25) is 0 Å². The molecule has 1 rings (SSSR count). The van der Waals surface area contributed by atoms with Crippen LogP contribution in [-0.4, -0.2) is 6.61 Å². The van der Waals surface area contributed by atoms with Gasteiger partial charge in [-0.3, -0.25) is 0 Å². The van der Waals surface area contributed by atoms with Crippen molar-refractivity contribution in [2.24, 2.45) is 5.90 Å². The highest BCUT2D eigenvalue weighted by Crippen LogP contribution is 2.17. The Morgan fingerprint density at radius 3 is 2.83 bits per heavy atom. The SMILES string of the molecule is Cc1cc(CCON)ccc1Br. The second-order valence-corrected chi connectivity index (χ2v) is 3.56. The molecule has 2 N–H and O–H groups in total. The smallest absolute Gasteiger partial charge is 0.0719 e. The summed E-state index contributed by atoms with van der Waals surface area (Å²) in [5, 5.41) is 0. The Kier molecular flexibility index (Phi) is 3.72. The predicted molar refractivity (Wildman–Crippen MR) is 52.7 cm³/mol. The molecule has 0 fully saturated rings. The Bertz CT molecular complexity index is 263. The van der Waals surface area contributed by atoms with E-state index in [0.717, 1.165) is 10.9 Å². The van der Waals surface area contributed by atoms with Gasteiger partial charge >= 0.3 is 0 Å². The first-order valence-corrected chi connectivity index (χ1v) is 4.60. The summed E-state index contributed by atoms with van der Waals surface area (Å²) in [6.07, 6.45) is 0.866. The number of benzene rings is 1. The lowest BCUT2D eigenvalue weighted by Gasteiger charge is -2.02. The lowest BCUT2D eigenvalue weighted by Crippen LogP contribution is -2.03. The van der Waals surface area contributed by atoms with Gasteiger partial charge in [0.05, 0.1) is 6.61 Å². The zero-order valence-electron chi connectivity index (χ0n) is 7.01. The van der Waals surface area contributed by atoms with Crippen LogP contribution in [0.4, 0.5) is 0 Å². The summed E-state index contributed by atoms with van der Waals surface area (Å²) in [6, 6.07) is 6.24. The van der Waals surface area contributed by atoms with E-state index in [1.54, 1.807) is 0 Å². The minimum absolute atomic E-state index is 0.571. The maximum Gasteiger partial charge on any atom is 0.0719 e. The topological polar surface area (TPSA) is 35.2 Å². The van der Waals surface area contributed by atoms with E-state index in [2.05, 4.69) is 39.8 Å². The van der Waals surface area contributed by atoms with Gasteiger partial charge in [-0.05, 0) is 30.5 Å². The van der Waals surface area contributed by atoms with Gasteiger partial charge in [0, 0.05) is 4.47 Å². The van der Waals surface area contributed by atoms with Crippen LogP contribution < -0.4 is 5.90 Å². The van der Waals surface area contributed by atoms with Crippen molar-refractivity contribution in [3.8, 4) is 0 Å². The van der Waals surface area contributed by atoms with E-state index >= 15 is 0 Å². The number of hydrogen-bond acceptors (Lipinski definition) is 2. The summed E-state index contributed by atoms with van der Waals surface area (Å²) in [5.74, 6) is 4.94.